The monoisotopic (exact) mass is 388 g/mol. The summed E-state index contributed by atoms with van der Waals surface area (Å²) in [6.45, 7) is 4.45. The number of nitrogens with one attached hydrogen (secondary N) is 1. The van der Waals surface area contributed by atoms with E-state index in [1.165, 1.54) is 11.3 Å². The number of thiophene rings is 1. The third-order valence-corrected chi connectivity index (χ3v) is 7.10. The van der Waals surface area contributed by atoms with Crippen LogP contribution in [-0.2, 0) is 32.1 Å². The zero-order valence-electron chi connectivity index (χ0n) is 15.7. The second kappa shape index (κ2) is 6.61. The lowest BCUT2D eigenvalue weighted by Crippen LogP contribution is -2.43. The van der Waals surface area contributed by atoms with Crippen LogP contribution in [0.1, 0.15) is 68.4 Å². The Morgan fingerprint density at radius 2 is 2.04 bits per heavy atom. The summed E-state index contributed by atoms with van der Waals surface area (Å²) >= 11 is 1.41. The first-order valence-electron chi connectivity index (χ1n) is 9.55. The highest BCUT2D eigenvalue weighted by Gasteiger charge is 2.53. The maximum absolute atomic E-state index is 13.1. The first-order chi connectivity index (χ1) is 12.8. The van der Waals surface area contributed by atoms with E-state index in [-0.39, 0.29) is 23.9 Å². The minimum Gasteiger partial charge on any atom is -0.458 e. The number of carbonyl (C=O) groups excluding carboxylic acids is 2. The highest BCUT2D eigenvalue weighted by molar-refractivity contribution is 7.16. The maximum atomic E-state index is 13.1. The number of hydrogen-bond acceptors (Lipinski definition) is 6. The molecule has 1 saturated carbocycles. The van der Waals surface area contributed by atoms with E-state index in [0.29, 0.717) is 23.6 Å². The van der Waals surface area contributed by atoms with Gasteiger partial charge in [0.15, 0.2) is 0 Å². The Hall–Kier alpha value is -1.91. The fourth-order valence-electron chi connectivity index (χ4n) is 4.58. The molecule has 4 rings (SSSR count). The Labute approximate surface area is 162 Å². The van der Waals surface area contributed by atoms with Crippen LogP contribution in [0.5, 0.6) is 0 Å². The van der Waals surface area contributed by atoms with Gasteiger partial charge in [0.25, 0.3) is 0 Å². The number of anilines is 1. The van der Waals surface area contributed by atoms with Crippen LogP contribution in [0.25, 0.3) is 0 Å². The van der Waals surface area contributed by atoms with Crippen LogP contribution in [0.4, 0.5) is 5.00 Å². The average Bonchev–Trinajstić information content (AvgIpc) is 3.11. The fraction of sp³-hybridized carbons (Fsp3) is 0.650. The zero-order chi connectivity index (χ0) is 19.2. The largest absolute Gasteiger partial charge is 0.458 e. The Morgan fingerprint density at radius 1 is 1.30 bits per heavy atom. The van der Waals surface area contributed by atoms with E-state index in [1.807, 2.05) is 13.8 Å². The van der Waals surface area contributed by atoms with E-state index in [0.717, 1.165) is 42.5 Å². The number of amides is 1. The molecular formula is C20H24N2O4S. The van der Waals surface area contributed by atoms with Gasteiger partial charge in [0.05, 0.1) is 30.1 Å². The smallest absolute Gasteiger partial charge is 0.307 e. The van der Waals surface area contributed by atoms with Gasteiger partial charge in [-0.25, -0.2) is 0 Å². The lowest BCUT2D eigenvalue weighted by Gasteiger charge is -2.35. The normalized spacial score (nSPS) is 25.5. The van der Waals surface area contributed by atoms with Crippen LogP contribution < -0.4 is 5.32 Å². The van der Waals surface area contributed by atoms with Gasteiger partial charge in [-0.15, -0.1) is 11.3 Å². The standard InChI is InChI=1S/C20H24N2O4S/c1-19(2)9-12-13(10-21)18(27-15(12)11-25-19)22-17(24)14-8-16(23)26-20(14)6-4-3-5-7-20/h14H,3-9,11H2,1-2H3,(H,22,24). The van der Waals surface area contributed by atoms with Gasteiger partial charge in [-0.2, -0.15) is 5.26 Å². The third-order valence-electron chi connectivity index (χ3n) is 5.98. The molecule has 6 nitrogen and oxygen atoms in total. The second-order valence-corrected chi connectivity index (χ2v) is 9.50. The van der Waals surface area contributed by atoms with Crippen molar-refractivity contribution in [1.29, 1.82) is 5.26 Å². The molecule has 1 aromatic heterocycles. The Kier molecular flexibility index (Phi) is 4.52. The molecule has 3 aliphatic rings. The van der Waals surface area contributed by atoms with Crippen molar-refractivity contribution in [3.8, 4) is 6.07 Å². The summed E-state index contributed by atoms with van der Waals surface area (Å²) in [6, 6.07) is 2.26. The average molecular weight is 388 g/mol. The van der Waals surface area contributed by atoms with Gasteiger partial charge in [-0.1, -0.05) is 6.42 Å². The van der Waals surface area contributed by atoms with Crippen molar-refractivity contribution in [2.45, 2.75) is 76.6 Å². The molecule has 0 radical (unpaired) electrons. The van der Waals surface area contributed by atoms with E-state index < -0.39 is 11.5 Å². The molecule has 1 N–H and O–H groups in total. The van der Waals surface area contributed by atoms with Crippen LogP contribution in [0.3, 0.4) is 0 Å². The summed E-state index contributed by atoms with van der Waals surface area (Å²) in [6.07, 6.45) is 5.30. The predicted molar refractivity (Wildman–Crippen MR) is 100 cm³/mol. The van der Waals surface area contributed by atoms with Crippen molar-refractivity contribution >= 4 is 28.2 Å². The van der Waals surface area contributed by atoms with Crippen molar-refractivity contribution in [2.75, 3.05) is 5.32 Å². The van der Waals surface area contributed by atoms with Crippen molar-refractivity contribution in [3.05, 3.63) is 16.0 Å². The minimum atomic E-state index is -0.659. The van der Waals surface area contributed by atoms with E-state index in [1.54, 1.807) is 0 Å². The second-order valence-electron chi connectivity index (χ2n) is 8.39. The van der Waals surface area contributed by atoms with Gasteiger partial charge in [0.1, 0.15) is 16.7 Å². The highest BCUT2D eigenvalue weighted by atomic mass is 32.1. The molecule has 1 atom stereocenters. The lowest BCUT2D eigenvalue weighted by atomic mass is 9.75. The van der Waals surface area contributed by atoms with Crippen molar-refractivity contribution in [3.63, 3.8) is 0 Å². The summed E-state index contributed by atoms with van der Waals surface area (Å²) in [7, 11) is 0. The summed E-state index contributed by atoms with van der Waals surface area (Å²) in [4.78, 5) is 26.0. The van der Waals surface area contributed by atoms with E-state index in [4.69, 9.17) is 9.47 Å². The first-order valence-corrected chi connectivity index (χ1v) is 10.4. The number of nitrogens with zero attached hydrogens (tertiary/aromatic N) is 1. The first kappa shape index (κ1) is 18.5. The molecule has 1 amide bonds. The molecule has 1 unspecified atom stereocenters. The van der Waals surface area contributed by atoms with Gasteiger partial charge in [-0.05, 0) is 45.1 Å². The fourth-order valence-corrected chi connectivity index (χ4v) is 5.67. The van der Waals surface area contributed by atoms with Crippen LogP contribution in [0.15, 0.2) is 0 Å². The molecule has 1 saturated heterocycles. The van der Waals surface area contributed by atoms with E-state index >= 15 is 0 Å². The van der Waals surface area contributed by atoms with Gasteiger partial charge >= 0.3 is 5.97 Å². The Balaban J connectivity index is 1.59. The molecule has 7 heteroatoms. The Morgan fingerprint density at radius 3 is 2.74 bits per heavy atom. The molecule has 144 valence electrons. The quantitative estimate of drug-likeness (QED) is 0.781. The summed E-state index contributed by atoms with van der Waals surface area (Å²) in [5, 5.41) is 13.2. The van der Waals surface area contributed by atoms with Crippen LogP contribution in [0.2, 0.25) is 0 Å². The number of rotatable bonds is 2. The van der Waals surface area contributed by atoms with E-state index in [9.17, 15) is 14.9 Å². The van der Waals surface area contributed by atoms with Crippen LogP contribution in [0, 0.1) is 17.2 Å². The molecule has 0 bridgehead atoms. The van der Waals surface area contributed by atoms with Gasteiger partial charge < -0.3 is 14.8 Å². The maximum Gasteiger partial charge on any atom is 0.307 e. The molecule has 2 aliphatic heterocycles. The van der Waals surface area contributed by atoms with Gasteiger partial charge in [0.2, 0.25) is 5.91 Å². The minimum absolute atomic E-state index is 0.120. The number of fused-ring (bicyclic) bond motifs is 1. The van der Waals surface area contributed by atoms with Crippen LogP contribution >= 0.6 is 11.3 Å². The summed E-state index contributed by atoms with van der Waals surface area (Å²) < 4.78 is 11.5. The molecule has 2 fully saturated rings. The summed E-state index contributed by atoms with van der Waals surface area (Å²) in [5.41, 5.74) is 0.523. The lowest BCUT2D eigenvalue weighted by molar-refractivity contribution is -0.153. The molecule has 3 heterocycles. The molecule has 1 aliphatic carbocycles. The summed E-state index contributed by atoms with van der Waals surface area (Å²) in [5.74, 6) is -0.986. The van der Waals surface area contributed by atoms with Gasteiger partial charge in [-0.3, -0.25) is 9.59 Å². The predicted octanol–water partition coefficient (Wildman–Crippen LogP) is 3.68. The van der Waals surface area contributed by atoms with Crippen molar-refractivity contribution in [1.82, 2.24) is 0 Å². The topological polar surface area (TPSA) is 88.4 Å². The molecule has 1 aromatic rings. The number of esters is 1. The van der Waals surface area contributed by atoms with Crippen molar-refractivity contribution in [2.24, 2.45) is 5.92 Å². The number of hydrogen-bond donors (Lipinski definition) is 1. The number of nitriles is 1. The highest BCUT2D eigenvalue weighted by Crippen LogP contribution is 2.45. The van der Waals surface area contributed by atoms with E-state index in [2.05, 4.69) is 11.4 Å². The molecule has 1 spiro atoms. The zero-order valence-corrected chi connectivity index (χ0v) is 16.5. The number of ether oxygens (including phenoxy) is 2. The number of carbonyl (C=O) groups is 2. The molecule has 0 aromatic carbocycles. The third kappa shape index (κ3) is 3.26. The Bertz CT molecular complexity index is 830. The van der Waals surface area contributed by atoms with Crippen molar-refractivity contribution < 1.29 is 19.1 Å². The molecule has 27 heavy (non-hydrogen) atoms. The SMILES string of the molecule is CC1(C)Cc2c(sc(NC(=O)C3CC(=O)OC34CCCCC4)c2C#N)CO1. The van der Waals surface area contributed by atoms with Gasteiger partial charge in [0, 0.05) is 11.3 Å². The molecular weight excluding hydrogens is 364 g/mol. The van der Waals surface area contributed by atoms with Crippen LogP contribution in [-0.4, -0.2) is 23.1 Å².